The Balaban J connectivity index is 2.15. The molecular formula is C34H49N5. The fraction of sp³-hybridized carbons (Fsp3) is 0.412. The van der Waals surface area contributed by atoms with Gasteiger partial charge in [0, 0.05) is 57.8 Å². The van der Waals surface area contributed by atoms with Gasteiger partial charge in [-0.15, -0.1) is 0 Å². The maximum absolute atomic E-state index is 6.85. The molecule has 2 aliphatic heterocycles. The van der Waals surface area contributed by atoms with Gasteiger partial charge in [-0.1, -0.05) is 96.2 Å². The van der Waals surface area contributed by atoms with Gasteiger partial charge in [0.1, 0.15) is 0 Å². The van der Waals surface area contributed by atoms with Crippen molar-refractivity contribution < 1.29 is 0 Å². The number of anilines is 1. The van der Waals surface area contributed by atoms with Gasteiger partial charge in [-0.05, 0) is 49.3 Å². The Morgan fingerprint density at radius 2 is 1.36 bits per heavy atom. The number of hydrogen-bond acceptors (Lipinski definition) is 5. The Bertz CT molecular complexity index is 1270. The molecule has 1 aromatic carbocycles. The van der Waals surface area contributed by atoms with Crippen molar-refractivity contribution in [3.63, 3.8) is 0 Å². The van der Waals surface area contributed by atoms with Gasteiger partial charge >= 0.3 is 0 Å². The fourth-order valence-electron chi connectivity index (χ4n) is 5.04. The largest absolute Gasteiger partial charge is 0.402 e. The highest BCUT2D eigenvalue weighted by molar-refractivity contribution is 5.53. The minimum absolute atomic E-state index is 0.197. The van der Waals surface area contributed by atoms with E-state index in [4.69, 9.17) is 17.2 Å². The number of fused-ring (bicyclic) bond motifs is 2. The second kappa shape index (κ2) is 11.3. The highest BCUT2D eigenvalue weighted by Crippen LogP contribution is 2.39. The predicted molar refractivity (Wildman–Crippen MR) is 169 cm³/mol. The zero-order valence-electron chi connectivity index (χ0n) is 25.1. The van der Waals surface area contributed by atoms with E-state index >= 15 is 0 Å². The number of nitrogens with one attached hydrogen (secondary N) is 2. The van der Waals surface area contributed by atoms with Crippen molar-refractivity contribution in [3.8, 4) is 0 Å². The third-order valence-corrected chi connectivity index (χ3v) is 8.47. The van der Waals surface area contributed by atoms with E-state index in [1.165, 1.54) is 5.70 Å². The fourth-order valence-corrected chi connectivity index (χ4v) is 5.04. The monoisotopic (exact) mass is 527 g/mol. The van der Waals surface area contributed by atoms with Gasteiger partial charge < -0.3 is 27.8 Å². The molecule has 8 N–H and O–H groups in total. The molecule has 2 aliphatic rings. The second-order valence-electron chi connectivity index (χ2n) is 12.7. The van der Waals surface area contributed by atoms with Gasteiger partial charge in [-0.2, -0.15) is 0 Å². The van der Waals surface area contributed by atoms with Crippen LogP contribution in [0.2, 0.25) is 0 Å². The number of rotatable bonds is 2. The van der Waals surface area contributed by atoms with E-state index in [1.54, 1.807) is 0 Å². The van der Waals surface area contributed by atoms with Gasteiger partial charge in [0.15, 0.2) is 0 Å². The lowest BCUT2D eigenvalue weighted by molar-refractivity contribution is 0.310. The first-order valence-corrected chi connectivity index (χ1v) is 13.9. The van der Waals surface area contributed by atoms with E-state index in [2.05, 4.69) is 108 Å². The molecule has 0 aromatic heterocycles. The Kier molecular flexibility index (Phi) is 8.64. The van der Waals surface area contributed by atoms with Crippen molar-refractivity contribution in [2.24, 2.45) is 33.4 Å². The molecule has 39 heavy (non-hydrogen) atoms. The summed E-state index contributed by atoms with van der Waals surface area (Å²) in [4.78, 5) is 0. The van der Waals surface area contributed by atoms with Crippen LogP contribution in [-0.4, -0.2) is 13.1 Å². The molecule has 0 spiro atoms. The molecule has 210 valence electrons. The standard InChI is InChI=1S/C34H49N5/c1-31(2)20-10-15-26(35)33(5,6)30-19-18-29(39-30)32(3,4)22-12-17-28(37)34(7,27(36)16-11-21-31)24-13-9-14-25(23-24)38-8/h9-18,20-23,30,38-39H,19,35-37H2,1-8H3/b20-10+,21-11+,22-12+,26-15-,27-16-,28-17?. The predicted octanol–water partition coefficient (Wildman–Crippen LogP) is 6.52. The third kappa shape index (κ3) is 6.52. The summed E-state index contributed by atoms with van der Waals surface area (Å²) in [6.07, 6.45) is 21.8. The summed E-state index contributed by atoms with van der Waals surface area (Å²) >= 11 is 0. The molecule has 0 saturated carbocycles. The molecule has 0 radical (unpaired) electrons. The van der Waals surface area contributed by atoms with Crippen LogP contribution in [0.1, 0.15) is 60.5 Å². The number of benzene rings is 1. The molecule has 0 saturated heterocycles. The van der Waals surface area contributed by atoms with Crippen LogP contribution in [0.3, 0.4) is 0 Å². The van der Waals surface area contributed by atoms with Crippen molar-refractivity contribution in [3.05, 3.63) is 113 Å². The van der Waals surface area contributed by atoms with Crippen molar-refractivity contribution >= 4 is 5.69 Å². The van der Waals surface area contributed by atoms with E-state index < -0.39 is 5.41 Å². The lowest BCUT2D eigenvalue weighted by Crippen LogP contribution is -2.43. The summed E-state index contributed by atoms with van der Waals surface area (Å²) in [6, 6.07) is 8.46. The third-order valence-electron chi connectivity index (χ3n) is 8.47. The van der Waals surface area contributed by atoms with Crippen LogP contribution in [0.5, 0.6) is 0 Å². The molecule has 1 aromatic rings. The molecule has 5 nitrogen and oxygen atoms in total. The highest BCUT2D eigenvalue weighted by atomic mass is 15.0. The van der Waals surface area contributed by atoms with Crippen LogP contribution in [0.25, 0.3) is 0 Å². The molecule has 2 bridgehead atoms. The Hall–Kier alpha value is -3.60. The molecule has 0 aliphatic carbocycles. The minimum Gasteiger partial charge on any atom is -0.402 e. The molecule has 0 fully saturated rings. The Morgan fingerprint density at radius 1 is 0.795 bits per heavy atom. The van der Waals surface area contributed by atoms with Gasteiger partial charge in [0.2, 0.25) is 0 Å². The molecule has 5 heteroatoms. The van der Waals surface area contributed by atoms with E-state index in [0.29, 0.717) is 11.4 Å². The van der Waals surface area contributed by atoms with Crippen LogP contribution in [-0.2, 0) is 5.41 Å². The number of hydrogen-bond donors (Lipinski definition) is 5. The SMILES string of the molecule is CNc1cccc(C2(C)C(N)=C/C=C/C(C)(C)C3=CCC(N3)C(C)(C)/C(N)=C/C=C/C(C)(C)/C=C/C=C/2N)c1. The summed E-state index contributed by atoms with van der Waals surface area (Å²) in [6.45, 7) is 15.2. The topological polar surface area (TPSA) is 102 Å². The van der Waals surface area contributed by atoms with E-state index in [0.717, 1.165) is 23.4 Å². The molecule has 2 unspecified atom stereocenters. The maximum atomic E-state index is 6.85. The first-order chi connectivity index (χ1) is 18.1. The van der Waals surface area contributed by atoms with Crippen molar-refractivity contribution in [2.75, 3.05) is 12.4 Å². The zero-order chi connectivity index (χ0) is 29.1. The smallest absolute Gasteiger partial charge is 0.0713 e. The van der Waals surface area contributed by atoms with E-state index in [9.17, 15) is 0 Å². The van der Waals surface area contributed by atoms with Gasteiger partial charge in [0.25, 0.3) is 0 Å². The lowest BCUT2D eigenvalue weighted by Gasteiger charge is -2.35. The van der Waals surface area contributed by atoms with Crippen LogP contribution < -0.4 is 27.8 Å². The zero-order valence-corrected chi connectivity index (χ0v) is 25.1. The minimum atomic E-state index is -0.703. The average molecular weight is 528 g/mol. The first kappa shape index (κ1) is 29.9. The maximum Gasteiger partial charge on any atom is 0.0713 e. The quantitative estimate of drug-likeness (QED) is 0.301. The average Bonchev–Trinajstić information content (AvgIpc) is 3.39. The van der Waals surface area contributed by atoms with E-state index in [-0.39, 0.29) is 22.3 Å². The number of allylic oxidation sites excluding steroid dienone is 9. The Labute approximate surface area is 236 Å². The van der Waals surface area contributed by atoms with Crippen LogP contribution in [0, 0.1) is 16.2 Å². The summed E-state index contributed by atoms with van der Waals surface area (Å²) in [7, 11) is 1.91. The first-order valence-electron chi connectivity index (χ1n) is 13.9. The van der Waals surface area contributed by atoms with Gasteiger partial charge in [-0.3, -0.25) is 0 Å². The van der Waals surface area contributed by atoms with Crippen LogP contribution in [0.4, 0.5) is 5.69 Å². The second-order valence-corrected chi connectivity index (χ2v) is 12.7. The Morgan fingerprint density at radius 3 is 1.95 bits per heavy atom. The summed E-state index contributed by atoms with van der Waals surface area (Å²) in [5.74, 6) is 0. The normalized spacial score (nSPS) is 31.7. The molecular weight excluding hydrogens is 478 g/mol. The van der Waals surface area contributed by atoms with Crippen molar-refractivity contribution in [1.82, 2.24) is 5.32 Å². The highest BCUT2D eigenvalue weighted by Gasteiger charge is 2.37. The molecule has 0 amide bonds. The van der Waals surface area contributed by atoms with Gasteiger partial charge in [0.05, 0.1) is 5.41 Å². The summed E-state index contributed by atoms with van der Waals surface area (Å²) in [5, 5.41) is 7.00. The summed E-state index contributed by atoms with van der Waals surface area (Å²) < 4.78 is 0. The van der Waals surface area contributed by atoms with Crippen molar-refractivity contribution in [1.29, 1.82) is 0 Å². The molecule has 3 rings (SSSR count). The molecule has 2 heterocycles. The van der Waals surface area contributed by atoms with Crippen LogP contribution >= 0.6 is 0 Å². The summed E-state index contributed by atoms with van der Waals surface area (Å²) in [5.41, 5.74) is 24.4. The lowest BCUT2D eigenvalue weighted by atomic mass is 9.76. The van der Waals surface area contributed by atoms with Crippen molar-refractivity contribution in [2.45, 2.75) is 66.3 Å². The molecule has 2 atom stereocenters. The van der Waals surface area contributed by atoms with Crippen LogP contribution in [0.15, 0.2) is 108 Å². The number of nitrogens with two attached hydrogens (primary N) is 3. The van der Waals surface area contributed by atoms with E-state index in [1.807, 2.05) is 43.5 Å². The van der Waals surface area contributed by atoms with Gasteiger partial charge in [-0.25, -0.2) is 0 Å².